The zero-order valence-corrected chi connectivity index (χ0v) is 16.1. The van der Waals surface area contributed by atoms with E-state index in [0.29, 0.717) is 12.1 Å². The quantitative estimate of drug-likeness (QED) is 0.798. The minimum absolute atomic E-state index is 0.197. The second kappa shape index (κ2) is 6.59. The Morgan fingerprint density at radius 2 is 1.95 bits per heavy atom. The van der Waals surface area contributed by atoms with Gasteiger partial charge >= 0.3 is 0 Å². The summed E-state index contributed by atoms with van der Waals surface area (Å²) in [6.45, 7) is 18.6. The van der Waals surface area contributed by atoms with Crippen molar-refractivity contribution in [2.24, 2.45) is 0 Å². The molecule has 1 unspecified atom stereocenters. The summed E-state index contributed by atoms with van der Waals surface area (Å²) in [5, 5.41) is 3.88. The van der Waals surface area contributed by atoms with Gasteiger partial charge in [-0.25, -0.2) is 0 Å². The van der Waals surface area contributed by atoms with E-state index in [9.17, 15) is 4.79 Å². The lowest BCUT2D eigenvalue weighted by Gasteiger charge is -2.47. The Morgan fingerprint density at radius 1 is 1.27 bits per heavy atom. The highest BCUT2D eigenvalue weighted by atomic mass is 28.4. The Bertz CT molecular complexity index is 409. The molecule has 6 heteroatoms. The third-order valence-electron chi connectivity index (χ3n) is 5.60. The molecular weight excluding hydrogens is 294 g/mol. The zero-order chi connectivity index (χ0) is 16.5. The molecule has 1 amide bonds. The van der Waals surface area contributed by atoms with E-state index < -0.39 is 8.32 Å². The van der Waals surface area contributed by atoms with Gasteiger partial charge in [0, 0.05) is 51.7 Å². The predicted molar refractivity (Wildman–Crippen MR) is 92.6 cm³/mol. The van der Waals surface area contributed by atoms with Crippen LogP contribution in [0.5, 0.6) is 0 Å². The van der Waals surface area contributed by atoms with E-state index >= 15 is 0 Å². The molecule has 0 bridgehead atoms. The number of hydrogen-bond acceptors (Lipinski definition) is 4. The molecule has 2 fully saturated rings. The monoisotopic (exact) mass is 327 g/mol. The minimum atomic E-state index is -1.67. The van der Waals surface area contributed by atoms with Crippen LogP contribution in [0.15, 0.2) is 0 Å². The second-order valence-electron chi connectivity index (χ2n) is 8.29. The SMILES string of the molecule is CC(=O)N1CCN2CC(CO[Si](C)(C)C(C)(C)C)NC[C@H]2C1. The lowest BCUT2D eigenvalue weighted by molar-refractivity contribution is -0.132. The first-order valence-electron chi connectivity index (χ1n) is 8.47. The van der Waals surface area contributed by atoms with Gasteiger partial charge in [-0.05, 0) is 18.1 Å². The molecule has 2 aliphatic rings. The van der Waals surface area contributed by atoms with E-state index in [1.807, 2.05) is 4.90 Å². The van der Waals surface area contributed by atoms with E-state index in [-0.39, 0.29) is 10.9 Å². The standard InChI is InChI=1S/C16H33N3O2Si/c1-13(20)18-7-8-19-10-14(17-9-15(19)11-18)12-21-22(5,6)16(2,3)4/h14-15,17H,7-12H2,1-6H3/t14?,15-/m0/s1. The van der Waals surface area contributed by atoms with Gasteiger partial charge in [0.2, 0.25) is 5.91 Å². The van der Waals surface area contributed by atoms with Crippen LogP contribution in [0.2, 0.25) is 18.1 Å². The van der Waals surface area contributed by atoms with Crippen molar-refractivity contribution in [3.8, 4) is 0 Å². The van der Waals surface area contributed by atoms with Crippen LogP contribution in [0.25, 0.3) is 0 Å². The first-order valence-corrected chi connectivity index (χ1v) is 11.4. The fraction of sp³-hybridized carbons (Fsp3) is 0.938. The van der Waals surface area contributed by atoms with Crippen LogP contribution in [0.4, 0.5) is 0 Å². The van der Waals surface area contributed by atoms with Crippen LogP contribution in [-0.2, 0) is 9.22 Å². The van der Waals surface area contributed by atoms with Crippen molar-refractivity contribution in [3.05, 3.63) is 0 Å². The van der Waals surface area contributed by atoms with E-state index in [1.54, 1.807) is 6.92 Å². The van der Waals surface area contributed by atoms with Gasteiger partial charge in [0.05, 0.1) is 6.61 Å². The topological polar surface area (TPSA) is 44.8 Å². The van der Waals surface area contributed by atoms with Gasteiger partial charge < -0.3 is 14.6 Å². The second-order valence-corrected chi connectivity index (χ2v) is 13.1. The number of hydrogen-bond donors (Lipinski definition) is 1. The molecule has 0 aliphatic carbocycles. The smallest absolute Gasteiger partial charge is 0.219 e. The normalized spacial score (nSPS) is 27.6. The number of carbonyl (C=O) groups is 1. The highest BCUT2D eigenvalue weighted by Crippen LogP contribution is 2.36. The molecule has 0 radical (unpaired) electrons. The molecule has 2 saturated heterocycles. The van der Waals surface area contributed by atoms with Gasteiger partial charge in [-0.15, -0.1) is 0 Å². The number of nitrogens with one attached hydrogen (secondary N) is 1. The number of piperazine rings is 2. The summed E-state index contributed by atoms with van der Waals surface area (Å²) in [6.07, 6.45) is 0. The largest absolute Gasteiger partial charge is 0.415 e. The van der Waals surface area contributed by atoms with Crippen LogP contribution in [0, 0.1) is 0 Å². The van der Waals surface area contributed by atoms with Gasteiger partial charge in [0.1, 0.15) is 0 Å². The Kier molecular flexibility index (Phi) is 5.37. The predicted octanol–water partition coefficient (Wildman–Crippen LogP) is 1.51. The number of carbonyl (C=O) groups excluding carboxylic acids is 1. The van der Waals surface area contributed by atoms with E-state index in [2.05, 4.69) is 44.1 Å². The van der Waals surface area contributed by atoms with Crippen molar-refractivity contribution < 1.29 is 9.22 Å². The molecule has 2 aliphatic heterocycles. The van der Waals surface area contributed by atoms with E-state index in [1.165, 1.54) is 0 Å². The van der Waals surface area contributed by atoms with Gasteiger partial charge in [0.25, 0.3) is 0 Å². The van der Waals surface area contributed by atoms with Crippen LogP contribution < -0.4 is 5.32 Å². The highest BCUT2D eigenvalue weighted by molar-refractivity contribution is 6.74. The van der Waals surface area contributed by atoms with Crippen molar-refractivity contribution in [1.29, 1.82) is 0 Å². The molecule has 5 nitrogen and oxygen atoms in total. The fourth-order valence-electron chi connectivity index (χ4n) is 2.90. The zero-order valence-electron chi connectivity index (χ0n) is 15.1. The van der Waals surface area contributed by atoms with Crippen molar-refractivity contribution in [1.82, 2.24) is 15.1 Å². The molecule has 2 rings (SSSR count). The molecule has 22 heavy (non-hydrogen) atoms. The molecule has 2 atom stereocenters. The van der Waals surface area contributed by atoms with Crippen LogP contribution in [0.1, 0.15) is 27.7 Å². The Morgan fingerprint density at radius 3 is 2.55 bits per heavy atom. The van der Waals surface area contributed by atoms with Crippen molar-refractivity contribution >= 4 is 14.2 Å². The van der Waals surface area contributed by atoms with E-state index in [4.69, 9.17) is 4.43 Å². The highest BCUT2D eigenvalue weighted by Gasteiger charge is 2.39. The summed E-state index contributed by atoms with van der Waals surface area (Å²) in [6, 6.07) is 0.871. The summed E-state index contributed by atoms with van der Waals surface area (Å²) in [4.78, 5) is 16.0. The van der Waals surface area contributed by atoms with Crippen molar-refractivity contribution in [3.63, 3.8) is 0 Å². The Hall–Kier alpha value is -0.433. The number of amides is 1. The third kappa shape index (κ3) is 4.10. The molecule has 0 saturated carbocycles. The maximum Gasteiger partial charge on any atom is 0.219 e. The molecular formula is C16H33N3O2Si. The van der Waals surface area contributed by atoms with Crippen LogP contribution in [0.3, 0.4) is 0 Å². The average Bonchev–Trinajstić information content (AvgIpc) is 2.43. The van der Waals surface area contributed by atoms with Crippen molar-refractivity contribution in [2.75, 3.05) is 39.3 Å². The number of fused-ring (bicyclic) bond motifs is 1. The van der Waals surface area contributed by atoms with Gasteiger partial charge in [-0.3, -0.25) is 9.69 Å². The van der Waals surface area contributed by atoms with Gasteiger partial charge in [-0.1, -0.05) is 20.8 Å². The molecule has 128 valence electrons. The first-order chi connectivity index (χ1) is 10.1. The average molecular weight is 328 g/mol. The first kappa shape index (κ1) is 17.9. The third-order valence-corrected chi connectivity index (χ3v) is 10.1. The number of rotatable bonds is 3. The molecule has 0 aromatic heterocycles. The summed E-state index contributed by atoms with van der Waals surface area (Å²) >= 11 is 0. The van der Waals surface area contributed by atoms with Crippen LogP contribution in [-0.4, -0.2) is 75.4 Å². The lowest BCUT2D eigenvalue weighted by atomic mass is 10.1. The van der Waals surface area contributed by atoms with Gasteiger partial charge in [-0.2, -0.15) is 0 Å². The van der Waals surface area contributed by atoms with Gasteiger partial charge in [0.15, 0.2) is 8.32 Å². The number of nitrogens with zero attached hydrogens (tertiary/aromatic N) is 2. The molecule has 0 aromatic carbocycles. The Balaban J connectivity index is 1.83. The molecule has 0 aromatic rings. The van der Waals surface area contributed by atoms with Crippen LogP contribution >= 0.6 is 0 Å². The summed E-state index contributed by atoms with van der Waals surface area (Å²) in [5.41, 5.74) is 0. The lowest BCUT2D eigenvalue weighted by Crippen LogP contribution is -2.65. The van der Waals surface area contributed by atoms with E-state index in [0.717, 1.165) is 39.3 Å². The maximum absolute atomic E-state index is 11.5. The molecule has 0 spiro atoms. The molecule has 2 heterocycles. The summed E-state index contributed by atoms with van der Waals surface area (Å²) in [5.74, 6) is 0.197. The van der Waals surface area contributed by atoms with Crippen molar-refractivity contribution in [2.45, 2.75) is 57.9 Å². The summed E-state index contributed by atoms with van der Waals surface area (Å²) in [7, 11) is -1.67. The fourth-order valence-corrected chi connectivity index (χ4v) is 3.95. The summed E-state index contributed by atoms with van der Waals surface area (Å²) < 4.78 is 6.36. The minimum Gasteiger partial charge on any atom is -0.415 e. The Labute approximate surface area is 136 Å². The molecule has 1 N–H and O–H groups in total. The maximum atomic E-state index is 11.5.